The Balaban J connectivity index is 1.52. The molecule has 0 aromatic heterocycles. The van der Waals surface area contributed by atoms with Crippen LogP contribution in [-0.4, -0.2) is 31.0 Å². The van der Waals surface area contributed by atoms with E-state index in [9.17, 15) is 9.59 Å². The Labute approximate surface area is 188 Å². The van der Waals surface area contributed by atoms with Crippen molar-refractivity contribution in [3.05, 3.63) is 65.7 Å². The van der Waals surface area contributed by atoms with Crippen molar-refractivity contribution in [1.82, 2.24) is 5.32 Å². The van der Waals surface area contributed by atoms with E-state index < -0.39 is 0 Å². The van der Waals surface area contributed by atoms with Crippen molar-refractivity contribution < 1.29 is 14.3 Å². The van der Waals surface area contributed by atoms with Gasteiger partial charge in [0.2, 0.25) is 5.91 Å². The number of hydrogen-bond acceptors (Lipinski definition) is 4. The van der Waals surface area contributed by atoms with Gasteiger partial charge < -0.3 is 20.7 Å². The van der Waals surface area contributed by atoms with Crippen molar-refractivity contribution in [3.8, 4) is 5.75 Å². The molecule has 0 radical (unpaired) electrons. The Bertz CT molecular complexity index is 909. The van der Waals surface area contributed by atoms with Crippen LogP contribution in [0.25, 0.3) is 0 Å². The summed E-state index contributed by atoms with van der Waals surface area (Å²) in [6.07, 6.45) is 7.18. The summed E-state index contributed by atoms with van der Waals surface area (Å²) in [6.45, 7) is 4.09. The molecule has 2 amide bonds. The van der Waals surface area contributed by atoms with E-state index >= 15 is 0 Å². The number of hydrogen-bond donors (Lipinski definition) is 3. The molecule has 0 spiro atoms. The highest BCUT2D eigenvalue weighted by atomic mass is 35.5. The van der Waals surface area contributed by atoms with Crippen LogP contribution in [0.2, 0.25) is 5.02 Å². The Hall–Kier alpha value is -2.99. The number of halogens is 1. The third-order valence-corrected chi connectivity index (χ3v) is 5.44. The predicted molar refractivity (Wildman–Crippen MR) is 125 cm³/mol. The maximum Gasteiger partial charge on any atom is 0.253 e. The number of ether oxygens (including phenoxy) is 1. The number of carbonyl (C=O) groups is 2. The molecule has 3 N–H and O–H groups in total. The summed E-state index contributed by atoms with van der Waals surface area (Å²) in [5.74, 6) is 0.322. The lowest BCUT2D eigenvalue weighted by Crippen LogP contribution is -2.36. The van der Waals surface area contributed by atoms with Gasteiger partial charge in [-0.25, -0.2) is 0 Å². The molecule has 1 fully saturated rings. The molecule has 1 aliphatic rings. The molecule has 0 unspecified atom stereocenters. The zero-order valence-electron chi connectivity index (χ0n) is 17.5. The predicted octanol–water partition coefficient (Wildman–Crippen LogP) is 5.02. The fourth-order valence-corrected chi connectivity index (χ4v) is 3.70. The molecule has 0 heterocycles. The molecule has 2 aromatic carbocycles. The highest BCUT2D eigenvalue weighted by molar-refractivity contribution is 6.34. The summed E-state index contributed by atoms with van der Waals surface area (Å²) < 4.78 is 5.42. The van der Waals surface area contributed by atoms with Crippen molar-refractivity contribution in [2.24, 2.45) is 0 Å². The van der Waals surface area contributed by atoms with Gasteiger partial charge in [-0.3, -0.25) is 9.59 Å². The van der Waals surface area contributed by atoms with Gasteiger partial charge in [-0.2, -0.15) is 0 Å². The third-order valence-electron chi connectivity index (χ3n) is 5.11. The maximum absolute atomic E-state index is 12.6. The number of rotatable bonds is 9. The van der Waals surface area contributed by atoms with Crippen LogP contribution in [0.4, 0.5) is 11.4 Å². The minimum Gasteiger partial charge on any atom is -0.490 e. The van der Waals surface area contributed by atoms with Crippen LogP contribution in [0.1, 0.15) is 42.5 Å². The average Bonchev–Trinajstić information content (AvgIpc) is 2.78. The molecular formula is C24H28ClN3O3. The van der Waals surface area contributed by atoms with Gasteiger partial charge >= 0.3 is 0 Å². The monoisotopic (exact) mass is 441 g/mol. The van der Waals surface area contributed by atoms with E-state index in [0.29, 0.717) is 34.3 Å². The number of anilines is 2. The van der Waals surface area contributed by atoms with Crippen LogP contribution < -0.4 is 20.7 Å². The summed E-state index contributed by atoms with van der Waals surface area (Å²) >= 11 is 6.24. The van der Waals surface area contributed by atoms with Gasteiger partial charge in [0.25, 0.3) is 5.91 Å². The van der Waals surface area contributed by atoms with Crippen LogP contribution in [0.5, 0.6) is 5.75 Å². The van der Waals surface area contributed by atoms with E-state index in [4.69, 9.17) is 16.3 Å². The zero-order valence-corrected chi connectivity index (χ0v) is 18.2. The van der Waals surface area contributed by atoms with Crippen molar-refractivity contribution in [2.75, 3.05) is 23.8 Å². The highest BCUT2D eigenvalue weighted by Gasteiger charge is 2.18. The zero-order chi connectivity index (χ0) is 22.1. The topological polar surface area (TPSA) is 79.5 Å². The van der Waals surface area contributed by atoms with Crippen molar-refractivity contribution in [3.63, 3.8) is 0 Å². The fraction of sp³-hybridized carbons (Fsp3) is 0.333. The maximum atomic E-state index is 12.6. The van der Waals surface area contributed by atoms with E-state index in [1.807, 2.05) is 0 Å². The van der Waals surface area contributed by atoms with Crippen LogP contribution in [0.3, 0.4) is 0 Å². The van der Waals surface area contributed by atoms with Crippen LogP contribution >= 0.6 is 11.6 Å². The van der Waals surface area contributed by atoms with Crippen molar-refractivity contribution in [2.45, 2.75) is 38.1 Å². The lowest BCUT2D eigenvalue weighted by Gasteiger charge is -2.23. The quantitative estimate of drug-likeness (QED) is 0.477. The lowest BCUT2D eigenvalue weighted by atomic mass is 9.95. The van der Waals surface area contributed by atoms with Gasteiger partial charge in [-0.05, 0) is 55.3 Å². The second-order valence-corrected chi connectivity index (χ2v) is 7.94. The molecular weight excluding hydrogens is 414 g/mol. The SMILES string of the molecule is C=CCOc1ccc(NC(=O)CNc2ccc(Cl)c(C(=O)NC3CCCCC3)c2)cc1. The molecule has 0 bridgehead atoms. The van der Waals surface area contributed by atoms with Gasteiger partial charge in [0.1, 0.15) is 12.4 Å². The average molecular weight is 442 g/mol. The number of carbonyl (C=O) groups excluding carboxylic acids is 2. The standard InChI is InChI=1S/C24H28ClN3O3/c1-2-14-31-20-11-8-18(9-12-20)27-23(29)16-26-19-10-13-22(25)21(15-19)24(30)28-17-6-4-3-5-7-17/h2,8-13,15,17,26H,1,3-7,14,16H2,(H,27,29)(H,28,30). The van der Waals surface area contributed by atoms with Gasteiger partial charge in [0.05, 0.1) is 17.1 Å². The smallest absolute Gasteiger partial charge is 0.253 e. The van der Waals surface area contributed by atoms with Gasteiger partial charge in [-0.1, -0.05) is 43.5 Å². The molecule has 1 aliphatic carbocycles. The molecule has 7 heteroatoms. The summed E-state index contributed by atoms with van der Waals surface area (Å²) in [4.78, 5) is 24.9. The molecule has 164 valence electrons. The molecule has 6 nitrogen and oxygen atoms in total. The van der Waals surface area contributed by atoms with Crippen LogP contribution in [0.15, 0.2) is 55.1 Å². The van der Waals surface area contributed by atoms with Crippen LogP contribution in [0, 0.1) is 0 Å². The first-order chi connectivity index (χ1) is 15.0. The second kappa shape index (κ2) is 11.4. The van der Waals surface area contributed by atoms with Crippen molar-refractivity contribution in [1.29, 1.82) is 0 Å². The molecule has 3 rings (SSSR count). The molecule has 2 aromatic rings. The van der Waals surface area contributed by atoms with E-state index in [2.05, 4.69) is 22.5 Å². The highest BCUT2D eigenvalue weighted by Crippen LogP contribution is 2.23. The van der Waals surface area contributed by atoms with E-state index in [1.165, 1.54) is 6.42 Å². The lowest BCUT2D eigenvalue weighted by molar-refractivity contribution is -0.114. The van der Waals surface area contributed by atoms with Crippen LogP contribution in [-0.2, 0) is 4.79 Å². The minimum absolute atomic E-state index is 0.0556. The first-order valence-corrected chi connectivity index (χ1v) is 10.9. The molecule has 0 aliphatic heterocycles. The Morgan fingerprint density at radius 1 is 1.06 bits per heavy atom. The number of nitrogens with one attached hydrogen (secondary N) is 3. The summed E-state index contributed by atoms with van der Waals surface area (Å²) in [6, 6.07) is 12.4. The van der Waals surface area contributed by atoms with E-state index in [-0.39, 0.29) is 24.4 Å². The Morgan fingerprint density at radius 3 is 2.48 bits per heavy atom. The number of amides is 2. The summed E-state index contributed by atoms with van der Waals surface area (Å²) in [5.41, 5.74) is 1.73. The first-order valence-electron chi connectivity index (χ1n) is 10.5. The van der Waals surface area contributed by atoms with E-state index in [1.54, 1.807) is 48.5 Å². The fourth-order valence-electron chi connectivity index (χ4n) is 3.50. The third kappa shape index (κ3) is 7.03. The Morgan fingerprint density at radius 2 is 1.77 bits per heavy atom. The largest absolute Gasteiger partial charge is 0.490 e. The molecule has 0 saturated heterocycles. The molecule has 0 atom stereocenters. The molecule has 1 saturated carbocycles. The molecule has 31 heavy (non-hydrogen) atoms. The van der Waals surface area contributed by atoms with E-state index in [0.717, 1.165) is 25.7 Å². The summed E-state index contributed by atoms with van der Waals surface area (Å²) in [5, 5.41) is 9.32. The first kappa shape index (κ1) is 22.7. The Kier molecular flexibility index (Phi) is 8.35. The second-order valence-electron chi connectivity index (χ2n) is 7.53. The number of benzene rings is 2. The van der Waals surface area contributed by atoms with Crippen molar-refractivity contribution >= 4 is 34.8 Å². The van der Waals surface area contributed by atoms with Gasteiger partial charge in [-0.15, -0.1) is 0 Å². The minimum atomic E-state index is -0.206. The van der Waals surface area contributed by atoms with Gasteiger partial charge in [0.15, 0.2) is 0 Å². The normalized spacial score (nSPS) is 13.8. The van der Waals surface area contributed by atoms with Gasteiger partial charge in [0, 0.05) is 17.4 Å². The summed E-state index contributed by atoms with van der Waals surface area (Å²) in [7, 11) is 0.